The molecule has 1 saturated heterocycles. The molecule has 6 nitrogen and oxygen atoms in total. The number of para-hydroxylation sites is 1. The summed E-state index contributed by atoms with van der Waals surface area (Å²) in [4.78, 5) is 28.3. The van der Waals surface area contributed by atoms with Crippen LogP contribution in [0.5, 0.6) is 5.75 Å². The third kappa shape index (κ3) is 5.46. The SMILES string of the molecule is CC(CN)N(C)C(=O)C1CCN(C(=O)CCOc2ccccc2)CC1. The smallest absolute Gasteiger partial charge is 0.225 e. The zero-order valence-corrected chi connectivity index (χ0v) is 15.2. The number of hydrogen-bond acceptors (Lipinski definition) is 4. The van der Waals surface area contributed by atoms with E-state index in [9.17, 15) is 9.59 Å². The minimum Gasteiger partial charge on any atom is -0.493 e. The number of piperidine rings is 1. The highest BCUT2D eigenvalue weighted by molar-refractivity contribution is 5.80. The van der Waals surface area contributed by atoms with E-state index in [1.54, 1.807) is 11.9 Å². The van der Waals surface area contributed by atoms with E-state index in [1.165, 1.54) is 0 Å². The van der Waals surface area contributed by atoms with E-state index in [4.69, 9.17) is 10.5 Å². The van der Waals surface area contributed by atoms with Gasteiger partial charge >= 0.3 is 0 Å². The van der Waals surface area contributed by atoms with Crippen molar-refractivity contribution < 1.29 is 14.3 Å². The molecule has 2 amide bonds. The Balaban J connectivity index is 1.72. The fourth-order valence-electron chi connectivity index (χ4n) is 2.97. The van der Waals surface area contributed by atoms with Crippen molar-refractivity contribution in [3.63, 3.8) is 0 Å². The summed E-state index contributed by atoms with van der Waals surface area (Å²) in [5.41, 5.74) is 5.63. The first-order chi connectivity index (χ1) is 12.0. The van der Waals surface area contributed by atoms with Gasteiger partial charge in [0.25, 0.3) is 0 Å². The van der Waals surface area contributed by atoms with Gasteiger partial charge in [0, 0.05) is 38.6 Å². The van der Waals surface area contributed by atoms with Crippen LogP contribution in [0, 0.1) is 5.92 Å². The normalized spacial score (nSPS) is 16.4. The molecular formula is C19H29N3O3. The molecule has 0 radical (unpaired) electrons. The van der Waals surface area contributed by atoms with Crippen molar-refractivity contribution >= 4 is 11.8 Å². The lowest BCUT2D eigenvalue weighted by atomic mass is 9.94. The summed E-state index contributed by atoms with van der Waals surface area (Å²) in [7, 11) is 1.80. The van der Waals surface area contributed by atoms with Crippen LogP contribution in [0.4, 0.5) is 0 Å². The fourth-order valence-corrected chi connectivity index (χ4v) is 2.97. The quantitative estimate of drug-likeness (QED) is 0.811. The molecule has 1 atom stereocenters. The van der Waals surface area contributed by atoms with Crippen LogP contribution in [0.3, 0.4) is 0 Å². The number of carbonyl (C=O) groups is 2. The molecular weight excluding hydrogens is 318 g/mol. The Morgan fingerprint density at radius 1 is 1.28 bits per heavy atom. The molecule has 0 aromatic heterocycles. The number of likely N-dealkylation sites (tertiary alicyclic amines) is 1. The predicted molar refractivity (Wildman–Crippen MR) is 97.1 cm³/mol. The summed E-state index contributed by atoms with van der Waals surface area (Å²) in [5, 5.41) is 0. The molecule has 6 heteroatoms. The Labute approximate surface area is 149 Å². The number of likely N-dealkylation sites (N-methyl/N-ethyl adjacent to an activating group) is 1. The second-order valence-electron chi connectivity index (χ2n) is 6.60. The van der Waals surface area contributed by atoms with E-state index in [2.05, 4.69) is 0 Å². The van der Waals surface area contributed by atoms with Crippen molar-refractivity contribution in [2.24, 2.45) is 11.7 Å². The number of amides is 2. The number of benzene rings is 1. The van der Waals surface area contributed by atoms with Crippen molar-refractivity contribution in [2.45, 2.75) is 32.2 Å². The average Bonchev–Trinajstić information content (AvgIpc) is 2.67. The van der Waals surface area contributed by atoms with Crippen LogP contribution < -0.4 is 10.5 Å². The molecule has 1 unspecified atom stereocenters. The topological polar surface area (TPSA) is 75.9 Å². The third-order valence-electron chi connectivity index (χ3n) is 4.87. The van der Waals surface area contributed by atoms with Gasteiger partial charge in [-0.25, -0.2) is 0 Å². The summed E-state index contributed by atoms with van der Waals surface area (Å²) in [6.07, 6.45) is 1.79. The van der Waals surface area contributed by atoms with Crippen LogP contribution >= 0.6 is 0 Å². The van der Waals surface area contributed by atoms with Crippen molar-refractivity contribution in [3.8, 4) is 5.75 Å². The molecule has 0 bridgehead atoms. The number of nitrogens with two attached hydrogens (primary N) is 1. The monoisotopic (exact) mass is 347 g/mol. The molecule has 25 heavy (non-hydrogen) atoms. The van der Waals surface area contributed by atoms with Crippen molar-refractivity contribution in [1.82, 2.24) is 9.80 Å². The third-order valence-corrected chi connectivity index (χ3v) is 4.87. The molecule has 2 rings (SSSR count). The molecule has 1 fully saturated rings. The lowest BCUT2D eigenvalue weighted by Crippen LogP contribution is -2.47. The number of nitrogens with zero attached hydrogens (tertiary/aromatic N) is 2. The highest BCUT2D eigenvalue weighted by Gasteiger charge is 2.30. The van der Waals surface area contributed by atoms with E-state index in [1.807, 2.05) is 42.2 Å². The largest absolute Gasteiger partial charge is 0.493 e. The van der Waals surface area contributed by atoms with Crippen LogP contribution in [-0.4, -0.2) is 60.9 Å². The number of hydrogen-bond donors (Lipinski definition) is 1. The van der Waals surface area contributed by atoms with Crippen LogP contribution in [0.15, 0.2) is 30.3 Å². The summed E-state index contributed by atoms with van der Waals surface area (Å²) in [6, 6.07) is 9.53. The maximum Gasteiger partial charge on any atom is 0.225 e. The average molecular weight is 347 g/mol. The highest BCUT2D eigenvalue weighted by atomic mass is 16.5. The fraction of sp³-hybridized carbons (Fsp3) is 0.579. The van der Waals surface area contributed by atoms with Gasteiger partial charge < -0.3 is 20.3 Å². The van der Waals surface area contributed by atoms with Crippen LogP contribution in [0.1, 0.15) is 26.2 Å². The summed E-state index contributed by atoms with van der Waals surface area (Å²) in [5.74, 6) is 0.989. The van der Waals surface area contributed by atoms with Crippen LogP contribution in [0.2, 0.25) is 0 Å². The Hall–Kier alpha value is -2.08. The molecule has 1 aromatic carbocycles. The van der Waals surface area contributed by atoms with Gasteiger partial charge in [0.05, 0.1) is 13.0 Å². The number of carbonyl (C=O) groups excluding carboxylic acids is 2. The summed E-state index contributed by atoms with van der Waals surface area (Å²) >= 11 is 0. The predicted octanol–water partition coefficient (Wildman–Crippen LogP) is 1.50. The zero-order chi connectivity index (χ0) is 18.2. The second kappa shape index (κ2) is 9.42. The van der Waals surface area contributed by atoms with E-state index in [0.717, 1.165) is 5.75 Å². The van der Waals surface area contributed by atoms with Crippen molar-refractivity contribution in [3.05, 3.63) is 30.3 Å². The molecule has 1 aliphatic rings. The Kier molecular flexibility index (Phi) is 7.25. The Morgan fingerprint density at radius 2 is 1.92 bits per heavy atom. The summed E-state index contributed by atoms with van der Waals surface area (Å²) in [6.45, 7) is 4.04. The first-order valence-electron chi connectivity index (χ1n) is 8.95. The van der Waals surface area contributed by atoms with E-state index in [-0.39, 0.29) is 23.8 Å². The number of rotatable bonds is 7. The first kappa shape index (κ1) is 19.2. The van der Waals surface area contributed by atoms with E-state index in [0.29, 0.717) is 45.5 Å². The Morgan fingerprint density at radius 3 is 2.52 bits per heavy atom. The van der Waals surface area contributed by atoms with Gasteiger partial charge in [0.1, 0.15) is 5.75 Å². The second-order valence-corrected chi connectivity index (χ2v) is 6.60. The molecule has 0 saturated carbocycles. The van der Waals surface area contributed by atoms with Gasteiger partial charge in [-0.1, -0.05) is 18.2 Å². The molecule has 0 spiro atoms. The number of ether oxygens (including phenoxy) is 1. The maximum atomic E-state index is 12.5. The van der Waals surface area contributed by atoms with Crippen LogP contribution in [0.25, 0.3) is 0 Å². The molecule has 1 aliphatic heterocycles. The standard InChI is InChI=1S/C19H29N3O3/c1-15(14-20)21(2)19(24)16-8-11-22(12-9-16)18(23)10-13-25-17-6-4-3-5-7-17/h3-7,15-16H,8-14,20H2,1-2H3. The lowest BCUT2D eigenvalue weighted by molar-refractivity contribution is -0.141. The molecule has 138 valence electrons. The maximum absolute atomic E-state index is 12.5. The van der Waals surface area contributed by atoms with E-state index >= 15 is 0 Å². The summed E-state index contributed by atoms with van der Waals surface area (Å²) < 4.78 is 5.58. The van der Waals surface area contributed by atoms with Gasteiger partial charge in [-0.15, -0.1) is 0 Å². The van der Waals surface area contributed by atoms with Gasteiger partial charge in [-0.3, -0.25) is 9.59 Å². The minimum absolute atomic E-state index is 0.0105. The van der Waals surface area contributed by atoms with Gasteiger partial charge in [0.2, 0.25) is 11.8 Å². The molecule has 0 aliphatic carbocycles. The molecule has 1 heterocycles. The van der Waals surface area contributed by atoms with E-state index < -0.39 is 0 Å². The zero-order valence-electron chi connectivity index (χ0n) is 15.2. The molecule has 2 N–H and O–H groups in total. The Bertz CT molecular complexity index is 556. The van der Waals surface area contributed by atoms with Crippen molar-refractivity contribution in [1.29, 1.82) is 0 Å². The first-order valence-corrected chi connectivity index (χ1v) is 8.95. The molecule has 1 aromatic rings. The minimum atomic E-state index is -0.0105. The van der Waals surface area contributed by atoms with Gasteiger partial charge in [-0.05, 0) is 31.9 Å². The van der Waals surface area contributed by atoms with Gasteiger partial charge in [-0.2, -0.15) is 0 Å². The van der Waals surface area contributed by atoms with Crippen LogP contribution in [-0.2, 0) is 9.59 Å². The highest BCUT2D eigenvalue weighted by Crippen LogP contribution is 2.20. The lowest BCUT2D eigenvalue weighted by Gasteiger charge is -2.34. The van der Waals surface area contributed by atoms with Gasteiger partial charge in [0.15, 0.2) is 0 Å². The van der Waals surface area contributed by atoms with Crippen molar-refractivity contribution in [2.75, 3.05) is 33.3 Å².